The van der Waals surface area contributed by atoms with Crippen LogP contribution >= 0.6 is 0 Å². The van der Waals surface area contributed by atoms with E-state index in [9.17, 15) is 9.18 Å². The van der Waals surface area contributed by atoms with Gasteiger partial charge in [-0.05, 0) is 18.4 Å². The van der Waals surface area contributed by atoms with Crippen LogP contribution in [0, 0.1) is 0 Å². The SMILES string of the molecule is O=C(OCc1ccccc1)C(F)OC1CCCCC1. The van der Waals surface area contributed by atoms with E-state index in [1.54, 1.807) is 0 Å². The number of benzene rings is 1. The van der Waals surface area contributed by atoms with Gasteiger partial charge in [0, 0.05) is 0 Å². The number of halogens is 1. The Hall–Kier alpha value is -1.42. The quantitative estimate of drug-likeness (QED) is 0.766. The number of rotatable bonds is 5. The number of esters is 1. The van der Waals surface area contributed by atoms with Crippen molar-refractivity contribution in [2.75, 3.05) is 0 Å². The van der Waals surface area contributed by atoms with Gasteiger partial charge in [-0.3, -0.25) is 0 Å². The molecule has 0 N–H and O–H groups in total. The second-order valence-corrected chi connectivity index (χ2v) is 4.81. The minimum absolute atomic E-state index is 0.0775. The molecule has 0 heterocycles. The first-order valence-electron chi connectivity index (χ1n) is 6.76. The van der Waals surface area contributed by atoms with Gasteiger partial charge in [0.25, 0.3) is 6.36 Å². The van der Waals surface area contributed by atoms with Crippen molar-refractivity contribution in [1.82, 2.24) is 0 Å². The highest BCUT2D eigenvalue weighted by Crippen LogP contribution is 2.22. The van der Waals surface area contributed by atoms with Crippen LogP contribution in [0.4, 0.5) is 4.39 Å². The van der Waals surface area contributed by atoms with Crippen LogP contribution in [0.25, 0.3) is 0 Å². The van der Waals surface area contributed by atoms with E-state index in [1.165, 1.54) is 0 Å². The third-order valence-electron chi connectivity index (χ3n) is 3.27. The second kappa shape index (κ2) is 7.24. The number of hydrogen-bond donors (Lipinski definition) is 0. The molecule has 0 radical (unpaired) electrons. The standard InChI is InChI=1S/C15H19FO3/c16-14(19-13-9-5-2-6-10-13)15(17)18-11-12-7-3-1-4-8-12/h1,3-4,7-8,13-14H,2,5-6,9-11H2. The Morgan fingerprint density at radius 1 is 1.21 bits per heavy atom. The number of hydrogen-bond acceptors (Lipinski definition) is 3. The van der Waals surface area contributed by atoms with Gasteiger partial charge in [0.05, 0.1) is 6.10 Å². The third-order valence-corrected chi connectivity index (χ3v) is 3.27. The Kier molecular flexibility index (Phi) is 5.33. The molecule has 2 rings (SSSR count). The molecule has 1 saturated carbocycles. The van der Waals surface area contributed by atoms with Crippen molar-refractivity contribution in [3.05, 3.63) is 35.9 Å². The van der Waals surface area contributed by atoms with Crippen molar-refractivity contribution < 1.29 is 18.7 Å². The molecule has 0 aromatic heterocycles. The van der Waals surface area contributed by atoms with Crippen molar-refractivity contribution in [3.63, 3.8) is 0 Å². The van der Waals surface area contributed by atoms with Gasteiger partial charge in [-0.2, -0.15) is 0 Å². The maximum absolute atomic E-state index is 13.6. The Morgan fingerprint density at radius 3 is 2.58 bits per heavy atom. The molecule has 0 amide bonds. The summed E-state index contributed by atoms with van der Waals surface area (Å²) in [5.41, 5.74) is 0.834. The number of carbonyl (C=O) groups is 1. The largest absolute Gasteiger partial charge is 0.457 e. The lowest BCUT2D eigenvalue weighted by Crippen LogP contribution is -2.28. The Morgan fingerprint density at radius 2 is 1.89 bits per heavy atom. The molecule has 1 fully saturated rings. The molecule has 104 valence electrons. The summed E-state index contributed by atoms with van der Waals surface area (Å²) in [5.74, 6) is -0.936. The Bertz CT molecular complexity index is 388. The Balaban J connectivity index is 1.72. The van der Waals surface area contributed by atoms with Crippen LogP contribution in [-0.4, -0.2) is 18.4 Å². The third kappa shape index (κ3) is 4.63. The fourth-order valence-electron chi connectivity index (χ4n) is 2.22. The van der Waals surface area contributed by atoms with Crippen molar-refractivity contribution >= 4 is 5.97 Å². The first-order chi connectivity index (χ1) is 9.25. The molecular weight excluding hydrogens is 247 g/mol. The fourth-order valence-corrected chi connectivity index (χ4v) is 2.22. The van der Waals surface area contributed by atoms with E-state index in [2.05, 4.69) is 0 Å². The molecule has 0 spiro atoms. The van der Waals surface area contributed by atoms with Crippen LogP contribution in [0.2, 0.25) is 0 Å². The van der Waals surface area contributed by atoms with Crippen LogP contribution in [0.3, 0.4) is 0 Å². The Labute approximate surface area is 112 Å². The van der Waals surface area contributed by atoms with E-state index in [0.29, 0.717) is 0 Å². The number of carbonyl (C=O) groups excluding carboxylic acids is 1. The summed E-state index contributed by atoms with van der Waals surface area (Å²) in [5, 5.41) is 0. The molecule has 1 aromatic rings. The topological polar surface area (TPSA) is 35.5 Å². The molecule has 1 aliphatic rings. The lowest BCUT2D eigenvalue weighted by Gasteiger charge is -2.23. The molecule has 1 aromatic carbocycles. The summed E-state index contributed by atoms with van der Waals surface area (Å²) in [6.07, 6.45) is 2.78. The van der Waals surface area contributed by atoms with Gasteiger partial charge in [-0.1, -0.05) is 49.6 Å². The van der Waals surface area contributed by atoms with E-state index < -0.39 is 12.3 Å². The highest BCUT2D eigenvalue weighted by molar-refractivity contribution is 5.73. The van der Waals surface area contributed by atoms with Gasteiger partial charge in [0.1, 0.15) is 6.61 Å². The summed E-state index contributed by atoms with van der Waals surface area (Å²) in [6.45, 7) is 0.0775. The monoisotopic (exact) mass is 266 g/mol. The molecule has 0 bridgehead atoms. The van der Waals surface area contributed by atoms with E-state index >= 15 is 0 Å². The highest BCUT2D eigenvalue weighted by atomic mass is 19.1. The van der Waals surface area contributed by atoms with Crippen molar-refractivity contribution in [1.29, 1.82) is 0 Å². The lowest BCUT2D eigenvalue weighted by atomic mass is 9.98. The van der Waals surface area contributed by atoms with Crippen molar-refractivity contribution in [3.8, 4) is 0 Å². The summed E-state index contributed by atoms with van der Waals surface area (Å²) in [4.78, 5) is 11.5. The molecule has 1 unspecified atom stereocenters. The van der Waals surface area contributed by atoms with E-state index in [4.69, 9.17) is 9.47 Å². The maximum atomic E-state index is 13.6. The summed E-state index contributed by atoms with van der Waals surface area (Å²) < 4.78 is 23.6. The molecule has 3 nitrogen and oxygen atoms in total. The summed E-state index contributed by atoms with van der Waals surface area (Å²) >= 11 is 0. The minimum Gasteiger partial charge on any atom is -0.457 e. The van der Waals surface area contributed by atoms with Crippen LogP contribution in [0.5, 0.6) is 0 Å². The smallest absolute Gasteiger partial charge is 0.369 e. The molecule has 4 heteroatoms. The van der Waals surface area contributed by atoms with Gasteiger partial charge in [0.15, 0.2) is 0 Å². The van der Waals surface area contributed by atoms with Crippen LogP contribution in [0.15, 0.2) is 30.3 Å². The van der Waals surface area contributed by atoms with Gasteiger partial charge in [-0.15, -0.1) is 0 Å². The zero-order chi connectivity index (χ0) is 13.5. The lowest BCUT2D eigenvalue weighted by molar-refractivity contribution is -0.179. The van der Waals surface area contributed by atoms with Crippen molar-refractivity contribution in [2.24, 2.45) is 0 Å². The maximum Gasteiger partial charge on any atom is 0.369 e. The zero-order valence-electron chi connectivity index (χ0n) is 10.9. The zero-order valence-corrected chi connectivity index (χ0v) is 10.9. The van der Waals surface area contributed by atoms with E-state index in [-0.39, 0.29) is 12.7 Å². The first kappa shape index (κ1) is 14.0. The van der Waals surface area contributed by atoms with Gasteiger partial charge in [-0.25, -0.2) is 9.18 Å². The van der Waals surface area contributed by atoms with Crippen molar-refractivity contribution in [2.45, 2.75) is 51.2 Å². The normalized spacial score (nSPS) is 17.9. The molecule has 0 saturated heterocycles. The van der Waals surface area contributed by atoms with E-state index in [0.717, 1.165) is 37.7 Å². The van der Waals surface area contributed by atoms with Crippen LogP contribution in [-0.2, 0) is 20.9 Å². The predicted molar refractivity (Wildman–Crippen MR) is 69.1 cm³/mol. The highest BCUT2D eigenvalue weighted by Gasteiger charge is 2.25. The minimum atomic E-state index is -1.97. The van der Waals surface area contributed by atoms with E-state index in [1.807, 2.05) is 30.3 Å². The average Bonchev–Trinajstić information content (AvgIpc) is 2.47. The summed E-state index contributed by atoms with van der Waals surface area (Å²) in [6, 6.07) is 9.20. The van der Waals surface area contributed by atoms with Crippen LogP contribution in [0.1, 0.15) is 37.7 Å². The van der Waals surface area contributed by atoms with Gasteiger partial charge in [0.2, 0.25) is 0 Å². The number of ether oxygens (including phenoxy) is 2. The molecule has 1 atom stereocenters. The van der Waals surface area contributed by atoms with Gasteiger partial charge < -0.3 is 9.47 Å². The number of alkyl halides is 1. The molecule has 0 aliphatic heterocycles. The predicted octanol–water partition coefficient (Wildman–Crippen LogP) is 3.37. The first-order valence-corrected chi connectivity index (χ1v) is 6.76. The second-order valence-electron chi connectivity index (χ2n) is 4.81. The molecular formula is C15H19FO3. The molecule has 1 aliphatic carbocycles. The molecule has 19 heavy (non-hydrogen) atoms. The van der Waals surface area contributed by atoms with Gasteiger partial charge >= 0.3 is 5.97 Å². The summed E-state index contributed by atoms with van der Waals surface area (Å²) in [7, 11) is 0. The average molecular weight is 266 g/mol. The fraction of sp³-hybridized carbons (Fsp3) is 0.533. The van der Waals surface area contributed by atoms with Crippen LogP contribution < -0.4 is 0 Å².